The van der Waals surface area contributed by atoms with Crippen molar-refractivity contribution in [2.75, 3.05) is 24.5 Å². The van der Waals surface area contributed by atoms with E-state index in [2.05, 4.69) is 14.9 Å². The largest absolute Gasteiger partial charge is 0.393 e. The van der Waals surface area contributed by atoms with E-state index in [-0.39, 0.29) is 23.5 Å². The molecule has 25 heavy (non-hydrogen) atoms. The first-order chi connectivity index (χ1) is 12.1. The predicted molar refractivity (Wildman–Crippen MR) is 90.5 cm³/mol. The van der Waals surface area contributed by atoms with E-state index in [4.69, 9.17) is 0 Å². The maximum absolute atomic E-state index is 13.2. The third kappa shape index (κ3) is 3.10. The molecule has 0 aromatic carbocycles. The number of rotatable bonds is 2. The van der Waals surface area contributed by atoms with Gasteiger partial charge in [-0.1, -0.05) is 0 Å². The SMILES string of the molecule is O=C1N([C@H]2CC[C@H](O)CC2)CCC12CCCN(c1ncc(F)cn1)C2. The molecule has 3 fully saturated rings. The molecule has 1 atom stereocenters. The summed E-state index contributed by atoms with van der Waals surface area (Å²) in [4.78, 5) is 25.5. The molecule has 136 valence electrons. The molecule has 4 rings (SSSR count). The van der Waals surface area contributed by atoms with Crippen molar-refractivity contribution in [3.63, 3.8) is 0 Å². The maximum Gasteiger partial charge on any atom is 0.230 e. The number of hydrogen-bond acceptors (Lipinski definition) is 5. The van der Waals surface area contributed by atoms with Crippen molar-refractivity contribution in [3.8, 4) is 0 Å². The molecule has 6 nitrogen and oxygen atoms in total. The topological polar surface area (TPSA) is 69.6 Å². The van der Waals surface area contributed by atoms with Crippen LogP contribution in [0.1, 0.15) is 44.9 Å². The lowest BCUT2D eigenvalue weighted by Crippen LogP contribution is -2.50. The number of halogens is 1. The van der Waals surface area contributed by atoms with Crippen LogP contribution in [0, 0.1) is 11.2 Å². The van der Waals surface area contributed by atoms with E-state index < -0.39 is 5.82 Å². The third-order valence-corrected chi connectivity index (χ3v) is 6.12. The number of aliphatic hydroxyl groups excluding tert-OH is 1. The van der Waals surface area contributed by atoms with Gasteiger partial charge < -0.3 is 14.9 Å². The number of piperidine rings is 1. The fraction of sp³-hybridized carbons (Fsp3) is 0.722. The van der Waals surface area contributed by atoms with Gasteiger partial charge in [-0.3, -0.25) is 4.79 Å². The van der Waals surface area contributed by atoms with Crippen LogP contribution in [0.2, 0.25) is 0 Å². The first-order valence-electron chi connectivity index (χ1n) is 9.29. The fourth-order valence-corrected chi connectivity index (χ4v) is 4.72. The normalized spacial score (nSPS) is 33.3. The zero-order valence-corrected chi connectivity index (χ0v) is 14.4. The summed E-state index contributed by atoms with van der Waals surface area (Å²) in [5.74, 6) is 0.311. The van der Waals surface area contributed by atoms with Crippen LogP contribution in [0.3, 0.4) is 0 Å². The van der Waals surface area contributed by atoms with Gasteiger partial charge in [0.2, 0.25) is 11.9 Å². The predicted octanol–water partition coefficient (Wildman–Crippen LogP) is 1.74. The van der Waals surface area contributed by atoms with Gasteiger partial charge in [-0.2, -0.15) is 0 Å². The van der Waals surface area contributed by atoms with Crippen LogP contribution in [0.5, 0.6) is 0 Å². The minimum Gasteiger partial charge on any atom is -0.393 e. The Kier molecular flexibility index (Phi) is 4.35. The second-order valence-electron chi connectivity index (χ2n) is 7.72. The molecule has 2 aliphatic heterocycles. The van der Waals surface area contributed by atoms with Gasteiger partial charge in [0.25, 0.3) is 0 Å². The molecule has 1 aromatic heterocycles. The van der Waals surface area contributed by atoms with Crippen molar-refractivity contribution in [2.24, 2.45) is 5.41 Å². The molecule has 2 saturated heterocycles. The Labute approximate surface area is 147 Å². The second kappa shape index (κ2) is 6.52. The lowest BCUT2D eigenvalue weighted by atomic mass is 9.78. The van der Waals surface area contributed by atoms with Crippen molar-refractivity contribution in [1.29, 1.82) is 0 Å². The molecule has 1 amide bonds. The highest BCUT2D eigenvalue weighted by molar-refractivity contribution is 5.86. The molecule has 1 saturated carbocycles. The number of carbonyl (C=O) groups excluding carboxylic acids is 1. The first-order valence-corrected chi connectivity index (χ1v) is 9.29. The van der Waals surface area contributed by atoms with E-state index in [0.29, 0.717) is 12.5 Å². The summed E-state index contributed by atoms with van der Waals surface area (Å²) < 4.78 is 13.1. The Morgan fingerprint density at radius 2 is 1.84 bits per heavy atom. The number of likely N-dealkylation sites (tertiary alicyclic amines) is 1. The average Bonchev–Trinajstić information content (AvgIpc) is 2.93. The number of aliphatic hydroxyl groups is 1. The highest BCUT2D eigenvalue weighted by Gasteiger charge is 2.50. The molecular formula is C18H25FN4O2. The third-order valence-electron chi connectivity index (χ3n) is 6.12. The van der Waals surface area contributed by atoms with Crippen LogP contribution in [-0.2, 0) is 4.79 Å². The van der Waals surface area contributed by atoms with E-state index in [0.717, 1.165) is 58.0 Å². The maximum atomic E-state index is 13.2. The molecule has 0 bridgehead atoms. The first kappa shape index (κ1) is 16.7. The minimum absolute atomic E-state index is 0.205. The Morgan fingerprint density at radius 1 is 1.12 bits per heavy atom. The molecule has 1 spiro atoms. The zero-order chi connectivity index (χ0) is 17.4. The lowest BCUT2D eigenvalue weighted by molar-refractivity contribution is -0.139. The van der Waals surface area contributed by atoms with Crippen LogP contribution >= 0.6 is 0 Å². The van der Waals surface area contributed by atoms with E-state index in [1.165, 1.54) is 12.4 Å². The summed E-state index contributed by atoms with van der Waals surface area (Å²) in [6.45, 7) is 2.22. The number of hydrogen-bond donors (Lipinski definition) is 1. The van der Waals surface area contributed by atoms with Crippen LogP contribution in [0.4, 0.5) is 10.3 Å². The van der Waals surface area contributed by atoms with Crippen molar-refractivity contribution in [3.05, 3.63) is 18.2 Å². The monoisotopic (exact) mass is 348 g/mol. The lowest BCUT2D eigenvalue weighted by Gasteiger charge is -2.40. The van der Waals surface area contributed by atoms with E-state index in [9.17, 15) is 14.3 Å². The summed E-state index contributed by atoms with van der Waals surface area (Å²) in [5, 5.41) is 9.71. The molecule has 1 aromatic rings. The Morgan fingerprint density at radius 3 is 2.56 bits per heavy atom. The number of aromatic nitrogens is 2. The number of amides is 1. The van der Waals surface area contributed by atoms with E-state index in [1.54, 1.807) is 0 Å². The molecule has 0 radical (unpaired) electrons. The summed E-state index contributed by atoms with van der Waals surface area (Å²) in [5.41, 5.74) is -0.355. The number of nitrogens with zero attached hydrogens (tertiary/aromatic N) is 4. The van der Waals surface area contributed by atoms with E-state index >= 15 is 0 Å². The molecule has 7 heteroatoms. The molecule has 1 N–H and O–H groups in total. The highest BCUT2D eigenvalue weighted by Crippen LogP contribution is 2.43. The van der Waals surface area contributed by atoms with Crippen LogP contribution in [0.15, 0.2) is 12.4 Å². The Hall–Kier alpha value is -1.76. The standard InChI is InChI=1S/C18H25FN4O2/c19-13-10-20-17(21-11-13)22-8-1-6-18(12-22)7-9-23(16(18)25)14-2-4-15(24)5-3-14/h10-11,14-15,24H,1-9,12H2/t14-,15-,18?. The van der Waals surface area contributed by atoms with Gasteiger partial charge in [-0.15, -0.1) is 0 Å². The van der Waals surface area contributed by atoms with Gasteiger partial charge in [0.15, 0.2) is 5.82 Å². The Bertz CT molecular complexity index is 632. The fourth-order valence-electron chi connectivity index (χ4n) is 4.72. The summed E-state index contributed by atoms with van der Waals surface area (Å²) >= 11 is 0. The smallest absolute Gasteiger partial charge is 0.230 e. The summed E-state index contributed by atoms with van der Waals surface area (Å²) in [7, 11) is 0. The van der Waals surface area contributed by atoms with Crippen LogP contribution in [0.25, 0.3) is 0 Å². The Balaban J connectivity index is 1.48. The molecule has 3 heterocycles. The van der Waals surface area contributed by atoms with Crippen molar-refractivity contribution >= 4 is 11.9 Å². The minimum atomic E-state index is -0.446. The van der Waals surface area contributed by atoms with Crippen molar-refractivity contribution in [1.82, 2.24) is 14.9 Å². The summed E-state index contributed by atoms with van der Waals surface area (Å²) in [6.07, 6.45) is 8.21. The zero-order valence-electron chi connectivity index (χ0n) is 14.4. The van der Waals surface area contributed by atoms with Gasteiger partial charge in [0.05, 0.1) is 23.9 Å². The second-order valence-corrected chi connectivity index (χ2v) is 7.72. The molecule has 3 aliphatic rings. The van der Waals surface area contributed by atoms with Crippen molar-refractivity contribution < 1.29 is 14.3 Å². The van der Waals surface area contributed by atoms with Crippen molar-refractivity contribution in [2.45, 2.75) is 57.1 Å². The number of carbonyl (C=O) groups is 1. The average molecular weight is 348 g/mol. The van der Waals surface area contributed by atoms with Crippen LogP contribution in [-0.4, -0.2) is 57.7 Å². The van der Waals surface area contributed by atoms with Gasteiger partial charge in [-0.05, 0) is 44.9 Å². The quantitative estimate of drug-likeness (QED) is 0.882. The van der Waals surface area contributed by atoms with Gasteiger partial charge in [-0.25, -0.2) is 14.4 Å². The van der Waals surface area contributed by atoms with Gasteiger partial charge in [0, 0.05) is 25.7 Å². The number of anilines is 1. The highest BCUT2D eigenvalue weighted by atomic mass is 19.1. The van der Waals surface area contributed by atoms with Gasteiger partial charge in [0.1, 0.15) is 0 Å². The molecule has 1 aliphatic carbocycles. The van der Waals surface area contributed by atoms with E-state index in [1.807, 2.05) is 4.90 Å². The molecular weight excluding hydrogens is 323 g/mol. The van der Waals surface area contributed by atoms with Gasteiger partial charge >= 0.3 is 0 Å². The molecule has 1 unspecified atom stereocenters. The van der Waals surface area contributed by atoms with Crippen LogP contribution < -0.4 is 4.90 Å². The summed E-state index contributed by atoms with van der Waals surface area (Å²) in [6, 6.07) is 0.271.